The number of rotatable bonds is 7. The standard InChI is InChI=1S/C24H26N4O8/c1-24(2,3)36-23(33)25-11-10-14-4-9-18(29)17(12-14)27-26-16-7-5-15(6-8-16)22(32)35-19-13-20(30)28(34)21(19)31/h4-9,12,19,29,34H,10-11,13H2,1-3H3,(H,25,33). The van der Waals surface area contributed by atoms with Crippen LogP contribution in [0.4, 0.5) is 16.2 Å². The molecule has 1 saturated heterocycles. The van der Waals surface area contributed by atoms with Crippen molar-refractivity contribution in [3.8, 4) is 5.75 Å². The fourth-order valence-corrected chi connectivity index (χ4v) is 3.08. The molecule has 1 aliphatic heterocycles. The summed E-state index contributed by atoms with van der Waals surface area (Å²) in [5.41, 5.74) is 0.902. The molecule has 36 heavy (non-hydrogen) atoms. The second-order valence-corrected chi connectivity index (χ2v) is 8.89. The number of nitrogens with zero attached hydrogens (tertiary/aromatic N) is 3. The minimum Gasteiger partial charge on any atom is -0.506 e. The molecule has 1 aliphatic rings. The number of amides is 3. The third-order valence-corrected chi connectivity index (χ3v) is 4.83. The van der Waals surface area contributed by atoms with Gasteiger partial charge in [0.1, 0.15) is 17.0 Å². The van der Waals surface area contributed by atoms with E-state index in [0.717, 1.165) is 5.56 Å². The number of azo groups is 1. The van der Waals surface area contributed by atoms with Gasteiger partial charge in [0.25, 0.3) is 11.8 Å². The molecular weight excluding hydrogens is 472 g/mol. The summed E-state index contributed by atoms with van der Waals surface area (Å²) in [7, 11) is 0. The molecule has 3 N–H and O–H groups in total. The van der Waals surface area contributed by atoms with Crippen molar-refractivity contribution in [1.29, 1.82) is 0 Å². The van der Waals surface area contributed by atoms with Crippen LogP contribution in [0.1, 0.15) is 43.1 Å². The highest BCUT2D eigenvalue weighted by molar-refractivity contribution is 6.05. The predicted octanol–water partition coefficient (Wildman–Crippen LogP) is 3.55. The molecular formula is C24H26N4O8. The third-order valence-electron chi connectivity index (χ3n) is 4.83. The van der Waals surface area contributed by atoms with E-state index in [1.165, 1.54) is 30.3 Å². The number of hydroxylamine groups is 2. The van der Waals surface area contributed by atoms with Gasteiger partial charge in [0.15, 0.2) is 6.10 Å². The number of alkyl carbamates (subject to hydrolysis) is 1. The van der Waals surface area contributed by atoms with Crippen molar-refractivity contribution in [3.63, 3.8) is 0 Å². The van der Waals surface area contributed by atoms with Crippen molar-refractivity contribution in [2.24, 2.45) is 10.2 Å². The van der Waals surface area contributed by atoms with Gasteiger partial charge in [0, 0.05) is 6.54 Å². The van der Waals surface area contributed by atoms with Gasteiger partial charge in [-0.05, 0) is 69.2 Å². The van der Waals surface area contributed by atoms with E-state index in [-0.39, 0.29) is 22.1 Å². The first-order valence-corrected chi connectivity index (χ1v) is 11.0. The normalized spacial score (nSPS) is 15.9. The summed E-state index contributed by atoms with van der Waals surface area (Å²) in [6.45, 7) is 5.64. The second-order valence-electron chi connectivity index (χ2n) is 8.89. The van der Waals surface area contributed by atoms with Crippen LogP contribution in [-0.4, -0.2) is 57.5 Å². The first-order valence-electron chi connectivity index (χ1n) is 11.0. The molecule has 1 atom stereocenters. The first-order chi connectivity index (χ1) is 16.9. The number of aromatic hydroxyl groups is 1. The Balaban J connectivity index is 1.57. The van der Waals surface area contributed by atoms with Crippen LogP contribution < -0.4 is 5.32 Å². The van der Waals surface area contributed by atoms with Gasteiger partial charge in [-0.25, -0.2) is 9.59 Å². The third kappa shape index (κ3) is 7.09. The molecule has 1 fully saturated rings. The number of hydrogen-bond acceptors (Lipinski definition) is 10. The van der Waals surface area contributed by atoms with Crippen molar-refractivity contribution in [1.82, 2.24) is 10.4 Å². The fourth-order valence-electron chi connectivity index (χ4n) is 3.08. The number of hydrogen-bond donors (Lipinski definition) is 3. The average Bonchev–Trinajstić information content (AvgIpc) is 3.04. The van der Waals surface area contributed by atoms with E-state index in [4.69, 9.17) is 9.47 Å². The van der Waals surface area contributed by atoms with Crippen LogP contribution in [0.15, 0.2) is 52.7 Å². The molecule has 0 saturated carbocycles. The van der Waals surface area contributed by atoms with Crippen LogP contribution in [0.25, 0.3) is 0 Å². The topological polar surface area (TPSA) is 167 Å². The highest BCUT2D eigenvalue weighted by Crippen LogP contribution is 2.29. The highest BCUT2D eigenvalue weighted by Gasteiger charge is 2.41. The van der Waals surface area contributed by atoms with Crippen molar-refractivity contribution >= 4 is 35.3 Å². The number of carbonyl (C=O) groups is 4. The number of phenols is 1. The minimum absolute atomic E-state index is 0.0661. The summed E-state index contributed by atoms with van der Waals surface area (Å²) >= 11 is 0. The van der Waals surface area contributed by atoms with Gasteiger partial charge in [0.2, 0.25) is 0 Å². The smallest absolute Gasteiger partial charge is 0.407 e. The summed E-state index contributed by atoms with van der Waals surface area (Å²) < 4.78 is 10.2. The number of carbonyl (C=O) groups excluding carboxylic acids is 4. The van der Waals surface area contributed by atoms with Crippen molar-refractivity contribution in [3.05, 3.63) is 53.6 Å². The Bertz CT molecular complexity index is 1190. The van der Waals surface area contributed by atoms with E-state index in [9.17, 15) is 29.5 Å². The van der Waals surface area contributed by atoms with Crippen LogP contribution in [-0.2, 0) is 25.5 Å². The first kappa shape index (κ1) is 26.3. The van der Waals surface area contributed by atoms with Gasteiger partial charge in [-0.3, -0.25) is 14.8 Å². The molecule has 190 valence electrons. The van der Waals surface area contributed by atoms with E-state index in [1.807, 2.05) is 0 Å². The summed E-state index contributed by atoms with van der Waals surface area (Å²) in [4.78, 5) is 46.9. The average molecular weight is 498 g/mol. The van der Waals surface area contributed by atoms with Gasteiger partial charge >= 0.3 is 12.1 Å². The Kier molecular flexibility index (Phi) is 8.00. The summed E-state index contributed by atoms with van der Waals surface area (Å²) in [5.74, 6) is -2.77. The maximum atomic E-state index is 12.2. The maximum Gasteiger partial charge on any atom is 0.407 e. The van der Waals surface area contributed by atoms with Crippen molar-refractivity contribution < 1.29 is 39.0 Å². The van der Waals surface area contributed by atoms with Crippen LogP contribution in [0.5, 0.6) is 5.75 Å². The Morgan fingerprint density at radius 3 is 2.42 bits per heavy atom. The van der Waals surface area contributed by atoms with Crippen molar-refractivity contribution in [2.75, 3.05) is 6.54 Å². The zero-order valence-corrected chi connectivity index (χ0v) is 19.9. The molecule has 0 aromatic heterocycles. The molecule has 2 aromatic rings. The van der Waals surface area contributed by atoms with Gasteiger partial charge < -0.3 is 19.9 Å². The quantitative estimate of drug-likeness (QED) is 0.225. The Morgan fingerprint density at radius 2 is 1.81 bits per heavy atom. The SMILES string of the molecule is CC(C)(C)OC(=O)NCCc1ccc(O)c(N=Nc2ccc(C(=O)OC3CC(=O)N(O)C3=O)cc2)c1. The van der Waals surface area contributed by atoms with Crippen LogP contribution in [0, 0.1) is 0 Å². The summed E-state index contributed by atoms with van der Waals surface area (Å²) in [5, 5.41) is 30.0. The molecule has 0 radical (unpaired) electrons. The second kappa shape index (κ2) is 11.0. The zero-order chi connectivity index (χ0) is 26.5. The lowest BCUT2D eigenvalue weighted by atomic mass is 10.1. The van der Waals surface area contributed by atoms with Crippen LogP contribution >= 0.6 is 0 Å². The van der Waals surface area contributed by atoms with Gasteiger partial charge in [0.05, 0.1) is 17.7 Å². The number of nitrogens with one attached hydrogen (secondary N) is 1. The van der Waals surface area contributed by atoms with Crippen molar-refractivity contribution in [2.45, 2.75) is 45.3 Å². The maximum absolute atomic E-state index is 12.2. The lowest BCUT2D eigenvalue weighted by molar-refractivity contribution is -0.173. The number of phenolic OH excluding ortho intramolecular Hbond substituents is 1. The van der Waals surface area contributed by atoms with Gasteiger partial charge in [-0.2, -0.15) is 10.2 Å². The number of ether oxygens (including phenoxy) is 2. The highest BCUT2D eigenvalue weighted by atomic mass is 16.6. The van der Waals surface area contributed by atoms with E-state index in [1.54, 1.807) is 32.9 Å². The van der Waals surface area contributed by atoms with Gasteiger partial charge in [-0.1, -0.05) is 6.07 Å². The zero-order valence-electron chi connectivity index (χ0n) is 19.9. The van der Waals surface area contributed by atoms with Crippen LogP contribution in [0.3, 0.4) is 0 Å². The largest absolute Gasteiger partial charge is 0.506 e. The molecule has 1 heterocycles. The molecule has 0 bridgehead atoms. The Hall–Kier alpha value is -4.32. The van der Waals surface area contributed by atoms with E-state index >= 15 is 0 Å². The molecule has 1 unspecified atom stereocenters. The number of esters is 1. The lowest BCUT2D eigenvalue weighted by Gasteiger charge is -2.19. The molecule has 0 aliphatic carbocycles. The predicted molar refractivity (Wildman–Crippen MR) is 124 cm³/mol. The molecule has 3 amide bonds. The Morgan fingerprint density at radius 1 is 1.11 bits per heavy atom. The minimum atomic E-state index is -1.37. The molecule has 0 spiro atoms. The van der Waals surface area contributed by atoms with Gasteiger partial charge in [-0.15, -0.1) is 5.11 Å². The van der Waals surface area contributed by atoms with Crippen LogP contribution in [0.2, 0.25) is 0 Å². The molecule has 12 nitrogen and oxygen atoms in total. The fraction of sp³-hybridized carbons (Fsp3) is 0.333. The number of imide groups is 1. The lowest BCUT2D eigenvalue weighted by Crippen LogP contribution is -2.33. The summed E-state index contributed by atoms with van der Waals surface area (Å²) in [6.07, 6.45) is -1.84. The molecule has 12 heteroatoms. The summed E-state index contributed by atoms with van der Waals surface area (Å²) in [6, 6.07) is 10.5. The van der Waals surface area contributed by atoms with E-state index < -0.39 is 42.0 Å². The van der Waals surface area contributed by atoms with E-state index in [0.29, 0.717) is 18.7 Å². The van der Waals surface area contributed by atoms with E-state index in [2.05, 4.69) is 15.5 Å². The molecule has 3 rings (SSSR count). The molecule has 2 aromatic carbocycles. The number of benzene rings is 2. The Labute approximate surface area is 206 Å². The monoisotopic (exact) mass is 498 g/mol.